The highest BCUT2D eigenvalue weighted by atomic mass is 35.5. The molecule has 9 heteroatoms. The predicted molar refractivity (Wildman–Crippen MR) is 193 cm³/mol. The van der Waals surface area contributed by atoms with Crippen molar-refractivity contribution in [2.45, 2.75) is 102 Å². The van der Waals surface area contributed by atoms with Gasteiger partial charge in [-0.25, -0.2) is 4.79 Å². The molecule has 3 aliphatic carbocycles. The third-order valence-corrected chi connectivity index (χ3v) is 11.6. The molecule has 0 bridgehead atoms. The molecule has 1 heterocycles. The van der Waals surface area contributed by atoms with Crippen LogP contribution in [0.1, 0.15) is 100 Å². The number of aromatic nitrogens is 1. The van der Waals surface area contributed by atoms with Crippen molar-refractivity contribution >= 4 is 29.2 Å². The number of primary amides is 1. The highest BCUT2D eigenvalue weighted by molar-refractivity contribution is 6.30. The maximum atomic E-state index is 12.9. The number of halogens is 1. The molecule has 2 unspecified atom stereocenters. The number of rotatable bonds is 13. The lowest BCUT2D eigenvalue weighted by atomic mass is 9.59. The number of carboxylic acid groups (broad SMARTS) is 1. The van der Waals surface area contributed by atoms with E-state index in [-0.39, 0.29) is 23.7 Å². The van der Waals surface area contributed by atoms with Gasteiger partial charge >= 0.3 is 5.97 Å². The number of aryl methyl sites for hydroxylation is 1. The van der Waals surface area contributed by atoms with E-state index in [9.17, 15) is 14.7 Å². The molecule has 0 aliphatic heterocycles. The van der Waals surface area contributed by atoms with Crippen LogP contribution in [0.15, 0.2) is 54.7 Å². The Morgan fingerprint density at radius 1 is 1.06 bits per heavy atom. The van der Waals surface area contributed by atoms with Gasteiger partial charge in [-0.3, -0.25) is 9.78 Å². The lowest BCUT2D eigenvalue weighted by Gasteiger charge is -2.47. The Balaban J connectivity index is 1.23. The van der Waals surface area contributed by atoms with Gasteiger partial charge in [0.1, 0.15) is 17.0 Å². The third kappa shape index (κ3) is 7.54. The largest absolute Gasteiger partial charge is 0.493 e. The molecule has 0 radical (unpaired) electrons. The minimum Gasteiger partial charge on any atom is -0.493 e. The van der Waals surface area contributed by atoms with E-state index < -0.39 is 11.5 Å². The average Bonchev–Trinajstić information content (AvgIpc) is 3.35. The number of hydrogen-bond donors (Lipinski definition) is 3. The average molecular weight is 688 g/mol. The first-order valence-corrected chi connectivity index (χ1v) is 18.3. The van der Waals surface area contributed by atoms with Crippen molar-refractivity contribution in [1.82, 2.24) is 4.98 Å². The minimum absolute atomic E-state index is 0.00531. The Bertz CT molecular complexity index is 1670. The number of anilines is 1. The fourth-order valence-corrected chi connectivity index (χ4v) is 9.00. The molecule has 262 valence electrons. The van der Waals surface area contributed by atoms with Crippen molar-refractivity contribution in [3.8, 4) is 11.5 Å². The summed E-state index contributed by atoms with van der Waals surface area (Å²) in [6.45, 7) is 7.52. The number of carbonyl (C=O) groups excluding carboxylic acids is 1. The van der Waals surface area contributed by atoms with E-state index in [0.717, 1.165) is 50.0 Å². The molecule has 6 rings (SSSR count). The van der Waals surface area contributed by atoms with Gasteiger partial charge in [0.25, 0.3) is 0 Å². The van der Waals surface area contributed by atoms with Crippen molar-refractivity contribution < 1.29 is 24.2 Å². The molecule has 8 nitrogen and oxygen atoms in total. The summed E-state index contributed by atoms with van der Waals surface area (Å²) < 4.78 is 12.8. The summed E-state index contributed by atoms with van der Waals surface area (Å²) in [4.78, 5) is 29.0. The summed E-state index contributed by atoms with van der Waals surface area (Å²) in [6, 6.07) is 15.7. The zero-order valence-electron chi connectivity index (χ0n) is 29.0. The Labute approximate surface area is 295 Å². The number of carboxylic acids is 1. The fourth-order valence-electron chi connectivity index (χ4n) is 8.81. The number of hydrogen-bond acceptors (Lipinski definition) is 6. The predicted octanol–water partition coefficient (Wildman–Crippen LogP) is 8.09. The molecular weight excluding hydrogens is 638 g/mol. The number of nitrogens with two attached hydrogens (primary N) is 1. The number of aliphatic carboxylic acids is 1. The van der Waals surface area contributed by atoms with Crippen LogP contribution in [0.4, 0.5) is 5.69 Å². The van der Waals surface area contributed by atoms with Crippen LogP contribution >= 0.6 is 11.6 Å². The first-order chi connectivity index (χ1) is 23.5. The van der Waals surface area contributed by atoms with Crippen LogP contribution in [0, 0.1) is 17.8 Å². The number of fused-ring (bicyclic) bond motifs is 3. The zero-order chi connectivity index (χ0) is 34.8. The second-order valence-corrected chi connectivity index (χ2v) is 15.5. The van der Waals surface area contributed by atoms with E-state index in [0.29, 0.717) is 54.5 Å². The van der Waals surface area contributed by atoms with E-state index in [1.165, 1.54) is 28.8 Å². The Morgan fingerprint density at radius 2 is 1.84 bits per heavy atom. The Morgan fingerprint density at radius 3 is 2.57 bits per heavy atom. The molecule has 4 atom stereocenters. The van der Waals surface area contributed by atoms with Gasteiger partial charge in [-0.2, -0.15) is 0 Å². The topological polar surface area (TPSA) is 124 Å². The number of pyridine rings is 1. The molecule has 2 aromatic carbocycles. The molecule has 0 saturated heterocycles. The number of amides is 1. The summed E-state index contributed by atoms with van der Waals surface area (Å²) in [5, 5.41) is 14.5. The molecular formula is C40H50ClN3O5. The Hall–Kier alpha value is -3.78. The zero-order valence-corrected chi connectivity index (χ0v) is 29.7. The van der Waals surface area contributed by atoms with Gasteiger partial charge in [0, 0.05) is 34.6 Å². The van der Waals surface area contributed by atoms with Gasteiger partial charge < -0.3 is 25.6 Å². The van der Waals surface area contributed by atoms with E-state index in [1.54, 1.807) is 12.1 Å². The van der Waals surface area contributed by atoms with Crippen LogP contribution in [-0.2, 0) is 27.8 Å². The van der Waals surface area contributed by atoms with Gasteiger partial charge in [0.15, 0.2) is 0 Å². The van der Waals surface area contributed by atoms with Crippen molar-refractivity contribution in [2.75, 3.05) is 18.5 Å². The van der Waals surface area contributed by atoms with Crippen LogP contribution in [-0.4, -0.2) is 40.7 Å². The highest BCUT2D eigenvalue weighted by Gasteiger charge is 2.54. The van der Waals surface area contributed by atoms with Crippen LogP contribution in [0.25, 0.3) is 0 Å². The van der Waals surface area contributed by atoms with Gasteiger partial charge in [-0.05, 0) is 134 Å². The van der Waals surface area contributed by atoms with Gasteiger partial charge in [0.05, 0.1) is 13.2 Å². The third-order valence-electron chi connectivity index (χ3n) is 11.3. The number of nitrogens with one attached hydrogen (secondary N) is 1. The summed E-state index contributed by atoms with van der Waals surface area (Å²) in [6.07, 6.45) is 9.81. The molecule has 4 N–H and O–H groups in total. The minimum atomic E-state index is -1.09. The van der Waals surface area contributed by atoms with Crippen LogP contribution in [0.3, 0.4) is 0 Å². The quantitative estimate of drug-likeness (QED) is 0.166. The lowest BCUT2D eigenvalue weighted by Crippen LogP contribution is -2.53. The molecule has 1 spiro atoms. The van der Waals surface area contributed by atoms with Crippen LogP contribution in [0.5, 0.6) is 11.5 Å². The van der Waals surface area contributed by atoms with Gasteiger partial charge in [0.2, 0.25) is 5.91 Å². The summed E-state index contributed by atoms with van der Waals surface area (Å²) >= 11 is 6.27. The second kappa shape index (κ2) is 14.6. The normalized spacial score (nSPS) is 25.6. The molecule has 3 aromatic rings. The second-order valence-electron chi connectivity index (χ2n) is 15.1. The van der Waals surface area contributed by atoms with Crippen molar-refractivity contribution in [3.63, 3.8) is 0 Å². The smallest absolute Gasteiger partial charge is 0.329 e. The van der Waals surface area contributed by atoms with Crippen molar-refractivity contribution in [1.29, 1.82) is 0 Å². The van der Waals surface area contributed by atoms with Gasteiger partial charge in [-0.15, -0.1) is 0 Å². The lowest BCUT2D eigenvalue weighted by molar-refractivity contribution is -0.144. The number of benzene rings is 2. The molecule has 1 aromatic heterocycles. The fraction of sp³-hybridized carbons (Fsp3) is 0.525. The molecule has 1 saturated carbocycles. The Kier molecular flexibility index (Phi) is 10.4. The highest BCUT2D eigenvalue weighted by Crippen LogP contribution is 2.57. The summed E-state index contributed by atoms with van der Waals surface area (Å²) in [5.41, 5.74) is 9.86. The standard InChI is InChI=1S/C40H50ClN3O5/c1-25(24-49-35-12-17-43-34-9-4-6-27(3)37(34)35)18-29-20-28-10-11-32(48-23-26(2)19-36(42)45)22-33(28)39(29)13-15-40(16-14-39,38(46)47)44-31-8-5-7-30(41)21-31/h5,7-8,10-12,17,21-22,25-27,29,44H,4,6,9,13-16,18-20,23-24H2,1-3H3,(H2,42,45)(H,46,47)/t25-,26?,27-,29?,39?,40?/m1/s1. The summed E-state index contributed by atoms with van der Waals surface area (Å²) in [7, 11) is 0. The van der Waals surface area contributed by atoms with Gasteiger partial charge in [-0.1, -0.05) is 44.5 Å². The van der Waals surface area contributed by atoms with E-state index in [1.807, 2.05) is 37.4 Å². The molecule has 1 fully saturated rings. The molecule has 49 heavy (non-hydrogen) atoms. The monoisotopic (exact) mass is 687 g/mol. The van der Waals surface area contributed by atoms with E-state index in [4.69, 9.17) is 26.8 Å². The first-order valence-electron chi connectivity index (χ1n) is 17.9. The number of ether oxygens (including phenoxy) is 2. The number of carbonyl (C=O) groups is 2. The summed E-state index contributed by atoms with van der Waals surface area (Å²) in [5.74, 6) is 1.64. The van der Waals surface area contributed by atoms with E-state index in [2.05, 4.69) is 36.3 Å². The maximum Gasteiger partial charge on any atom is 0.329 e. The van der Waals surface area contributed by atoms with E-state index >= 15 is 0 Å². The SMILES string of the molecule is CC(COc1ccc2c(c1)C1(CCC(Nc3cccc(Cl)c3)(C(=O)O)CC1)C(C[C@@H](C)COc1ccnc3c1[C@H](C)CCC3)C2)CC(N)=O. The van der Waals surface area contributed by atoms with Crippen molar-refractivity contribution in [3.05, 3.63) is 82.1 Å². The van der Waals surface area contributed by atoms with Crippen LogP contribution in [0.2, 0.25) is 5.02 Å². The van der Waals surface area contributed by atoms with Crippen molar-refractivity contribution in [2.24, 2.45) is 23.5 Å². The molecule has 3 aliphatic rings. The number of nitrogens with zero attached hydrogens (tertiary/aromatic N) is 1. The molecule has 1 amide bonds. The maximum absolute atomic E-state index is 12.9. The van der Waals surface area contributed by atoms with Crippen LogP contribution < -0.4 is 20.5 Å². The first kappa shape index (κ1) is 35.1.